The third-order valence-electron chi connectivity index (χ3n) is 3.76. The number of ether oxygens (including phenoxy) is 1. The van der Waals surface area contributed by atoms with Crippen LogP contribution in [0.25, 0.3) is 5.95 Å². The van der Waals surface area contributed by atoms with Crippen molar-refractivity contribution in [2.45, 2.75) is 40.0 Å². The third-order valence-corrected chi connectivity index (χ3v) is 3.76. The van der Waals surface area contributed by atoms with Gasteiger partial charge in [-0.05, 0) is 43.0 Å². The monoisotopic (exact) mass is 322 g/mol. The van der Waals surface area contributed by atoms with Crippen molar-refractivity contribution in [2.75, 3.05) is 0 Å². The van der Waals surface area contributed by atoms with Gasteiger partial charge in [0.1, 0.15) is 5.75 Å². The Hall–Kier alpha value is -2.69. The molecule has 0 aliphatic rings. The lowest BCUT2D eigenvalue weighted by atomic mass is 9.87. The molecule has 5 heteroatoms. The maximum absolute atomic E-state index is 5.86. The number of aryl methyl sites for hydroxylation is 2. The molecule has 5 nitrogen and oxygen atoms in total. The smallest absolute Gasteiger partial charge is 0.254 e. The molecule has 2 aromatic heterocycles. The summed E-state index contributed by atoms with van der Waals surface area (Å²) in [5.74, 6) is 1.75. The van der Waals surface area contributed by atoms with Crippen LogP contribution in [-0.2, 0) is 5.41 Å². The highest BCUT2D eigenvalue weighted by Gasteiger charge is 2.13. The SMILES string of the molecule is Cc1cc(C)n(-c2nccc(Oc3ccc(C(C)(C)C)cc3)n2)n1. The molecular formula is C19H22N4O. The van der Waals surface area contributed by atoms with E-state index in [-0.39, 0.29) is 5.41 Å². The topological polar surface area (TPSA) is 52.8 Å². The second-order valence-electron chi connectivity index (χ2n) is 6.91. The van der Waals surface area contributed by atoms with Crippen LogP contribution in [0.4, 0.5) is 0 Å². The van der Waals surface area contributed by atoms with E-state index >= 15 is 0 Å². The van der Waals surface area contributed by atoms with Crippen molar-refractivity contribution < 1.29 is 4.74 Å². The second-order valence-corrected chi connectivity index (χ2v) is 6.91. The number of nitrogens with zero attached hydrogens (tertiary/aromatic N) is 4. The average molecular weight is 322 g/mol. The van der Waals surface area contributed by atoms with Gasteiger partial charge in [-0.2, -0.15) is 10.1 Å². The van der Waals surface area contributed by atoms with Gasteiger partial charge in [0.25, 0.3) is 5.95 Å². The van der Waals surface area contributed by atoms with Crippen LogP contribution in [-0.4, -0.2) is 19.7 Å². The van der Waals surface area contributed by atoms with Gasteiger partial charge in [0.05, 0.1) is 5.69 Å². The highest BCUT2D eigenvalue weighted by atomic mass is 16.5. The summed E-state index contributed by atoms with van der Waals surface area (Å²) < 4.78 is 7.58. The molecule has 0 aliphatic heterocycles. The van der Waals surface area contributed by atoms with Gasteiger partial charge in [-0.1, -0.05) is 32.9 Å². The van der Waals surface area contributed by atoms with E-state index < -0.39 is 0 Å². The fourth-order valence-electron chi connectivity index (χ4n) is 2.47. The van der Waals surface area contributed by atoms with E-state index in [4.69, 9.17) is 4.74 Å². The standard InChI is InChI=1S/C19H22N4O/c1-13-12-14(2)23(22-13)18-20-11-10-17(21-18)24-16-8-6-15(7-9-16)19(3,4)5/h6-12H,1-5H3. The van der Waals surface area contributed by atoms with E-state index in [9.17, 15) is 0 Å². The molecule has 0 saturated heterocycles. The lowest BCUT2D eigenvalue weighted by Crippen LogP contribution is -2.10. The molecule has 0 fully saturated rings. The lowest BCUT2D eigenvalue weighted by molar-refractivity contribution is 0.458. The van der Waals surface area contributed by atoms with Crippen molar-refractivity contribution in [3.63, 3.8) is 0 Å². The van der Waals surface area contributed by atoms with E-state index in [0.29, 0.717) is 11.8 Å². The predicted octanol–water partition coefficient (Wildman–Crippen LogP) is 4.37. The molecule has 0 spiro atoms. The molecule has 0 aliphatic carbocycles. The van der Waals surface area contributed by atoms with Crippen LogP contribution in [0, 0.1) is 13.8 Å². The Kier molecular flexibility index (Phi) is 4.09. The van der Waals surface area contributed by atoms with Crippen LogP contribution in [0.1, 0.15) is 37.7 Å². The summed E-state index contributed by atoms with van der Waals surface area (Å²) in [6, 6.07) is 11.8. The fraction of sp³-hybridized carbons (Fsp3) is 0.316. The summed E-state index contributed by atoms with van der Waals surface area (Å²) in [6.45, 7) is 10.5. The van der Waals surface area contributed by atoms with Gasteiger partial charge in [0, 0.05) is 18.0 Å². The van der Waals surface area contributed by atoms with Crippen LogP contribution in [0.15, 0.2) is 42.6 Å². The minimum atomic E-state index is 0.121. The molecule has 0 bridgehead atoms. The maximum atomic E-state index is 5.86. The molecule has 3 aromatic rings. The zero-order valence-electron chi connectivity index (χ0n) is 14.7. The van der Waals surface area contributed by atoms with Crippen molar-refractivity contribution in [3.05, 3.63) is 59.5 Å². The van der Waals surface area contributed by atoms with Crippen LogP contribution in [0.3, 0.4) is 0 Å². The highest BCUT2D eigenvalue weighted by Crippen LogP contribution is 2.26. The van der Waals surface area contributed by atoms with Crippen molar-refractivity contribution in [1.29, 1.82) is 0 Å². The van der Waals surface area contributed by atoms with Crippen LogP contribution >= 0.6 is 0 Å². The molecule has 124 valence electrons. The first-order valence-corrected chi connectivity index (χ1v) is 7.98. The molecule has 24 heavy (non-hydrogen) atoms. The van der Waals surface area contributed by atoms with E-state index in [1.54, 1.807) is 16.9 Å². The zero-order chi connectivity index (χ0) is 17.3. The van der Waals surface area contributed by atoms with E-state index in [0.717, 1.165) is 17.1 Å². The number of aromatic nitrogens is 4. The number of benzene rings is 1. The Balaban J connectivity index is 1.84. The minimum absolute atomic E-state index is 0.121. The maximum Gasteiger partial charge on any atom is 0.254 e. The van der Waals surface area contributed by atoms with Gasteiger partial charge in [0.15, 0.2) is 0 Å². The van der Waals surface area contributed by atoms with Gasteiger partial charge in [-0.3, -0.25) is 0 Å². The Morgan fingerprint density at radius 2 is 1.71 bits per heavy atom. The van der Waals surface area contributed by atoms with Gasteiger partial charge < -0.3 is 4.74 Å². The summed E-state index contributed by atoms with van der Waals surface area (Å²) in [5, 5.41) is 4.40. The Morgan fingerprint density at radius 1 is 1.00 bits per heavy atom. The molecule has 1 aromatic carbocycles. The molecule has 3 rings (SSSR count). The molecule has 0 atom stereocenters. The first kappa shape index (κ1) is 16.2. The van der Waals surface area contributed by atoms with Gasteiger partial charge in [-0.15, -0.1) is 0 Å². The molecule has 0 N–H and O–H groups in total. The quantitative estimate of drug-likeness (QED) is 0.718. The summed E-state index contributed by atoms with van der Waals surface area (Å²) in [6.07, 6.45) is 1.68. The molecule has 0 unspecified atom stereocenters. The van der Waals surface area contributed by atoms with Gasteiger partial charge in [-0.25, -0.2) is 9.67 Å². The van der Waals surface area contributed by atoms with Crippen LogP contribution in [0.5, 0.6) is 11.6 Å². The van der Waals surface area contributed by atoms with Gasteiger partial charge >= 0.3 is 0 Å². The van der Waals surface area contributed by atoms with Gasteiger partial charge in [0.2, 0.25) is 5.88 Å². The molecular weight excluding hydrogens is 300 g/mol. The number of hydrogen-bond donors (Lipinski definition) is 0. The van der Waals surface area contributed by atoms with E-state index in [2.05, 4.69) is 48.0 Å². The van der Waals surface area contributed by atoms with Crippen LogP contribution in [0.2, 0.25) is 0 Å². The van der Waals surface area contributed by atoms with Crippen molar-refractivity contribution in [1.82, 2.24) is 19.7 Å². The normalized spacial score (nSPS) is 11.5. The Bertz CT molecular complexity index is 845. The Morgan fingerprint density at radius 3 is 2.29 bits per heavy atom. The van der Waals surface area contributed by atoms with Crippen LogP contribution < -0.4 is 4.74 Å². The summed E-state index contributed by atoms with van der Waals surface area (Å²) in [5.41, 5.74) is 3.30. The minimum Gasteiger partial charge on any atom is -0.439 e. The van der Waals surface area contributed by atoms with Crippen molar-refractivity contribution in [3.8, 4) is 17.6 Å². The van der Waals surface area contributed by atoms with Crippen molar-refractivity contribution >= 4 is 0 Å². The zero-order valence-corrected chi connectivity index (χ0v) is 14.7. The summed E-state index contributed by atoms with van der Waals surface area (Å²) in [4.78, 5) is 8.73. The van der Waals surface area contributed by atoms with E-state index in [1.807, 2.05) is 32.0 Å². The predicted molar refractivity (Wildman–Crippen MR) is 93.8 cm³/mol. The highest BCUT2D eigenvalue weighted by molar-refractivity contribution is 5.33. The molecule has 0 amide bonds. The van der Waals surface area contributed by atoms with E-state index in [1.165, 1.54) is 5.56 Å². The van der Waals surface area contributed by atoms with Crippen molar-refractivity contribution in [2.24, 2.45) is 0 Å². The third kappa shape index (κ3) is 3.45. The largest absolute Gasteiger partial charge is 0.439 e. The average Bonchev–Trinajstić information content (AvgIpc) is 2.86. The first-order chi connectivity index (χ1) is 11.3. The number of hydrogen-bond acceptors (Lipinski definition) is 4. The second kappa shape index (κ2) is 6.07. The molecule has 0 radical (unpaired) electrons. The summed E-state index contributed by atoms with van der Waals surface area (Å²) in [7, 11) is 0. The lowest BCUT2D eigenvalue weighted by Gasteiger charge is -2.19. The molecule has 2 heterocycles. The first-order valence-electron chi connectivity index (χ1n) is 7.98. The fourth-order valence-corrected chi connectivity index (χ4v) is 2.47. The Labute approximate surface area is 142 Å². The number of rotatable bonds is 3. The summed E-state index contributed by atoms with van der Waals surface area (Å²) >= 11 is 0. The molecule has 0 saturated carbocycles.